The number of halogens is 7. The van der Waals surface area contributed by atoms with Crippen molar-refractivity contribution in [1.29, 1.82) is 10.5 Å². The summed E-state index contributed by atoms with van der Waals surface area (Å²) in [5.74, 6) is -1.29. The summed E-state index contributed by atoms with van der Waals surface area (Å²) >= 11 is 3.16. The molecule has 38 heavy (non-hydrogen) atoms. The second-order valence-corrected chi connectivity index (χ2v) is 11.4. The number of nitrogens with zero attached hydrogens (tertiary/aromatic N) is 2. The molecule has 3 aromatic rings. The number of rotatable bonds is 8. The summed E-state index contributed by atoms with van der Waals surface area (Å²) in [6, 6.07) is 12.7. The number of carbonyl (C=O) groups is 1. The molecule has 0 aliphatic rings. The molecule has 0 aliphatic carbocycles. The van der Waals surface area contributed by atoms with Gasteiger partial charge in [-0.25, -0.2) is 4.39 Å². The van der Waals surface area contributed by atoms with Crippen molar-refractivity contribution >= 4 is 32.1 Å². The molecule has 0 aliphatic heterocycles. The van der Waals surface area contributed by atoms with Crippen molar-refractivity contribution in [3.05, 3.63) is 82.1 Å². The molecule has 1 atom stereocenters. The van der Waals surface area contributed by atoms with Gasteiger partial charge in [-0.1, -0.05) is 19.4 Å². The van der Waals surface area contributed by atoms with Crippen molar-refractivity contribution in [2.45, 2.75) is 17.4 Å². The number of amides is 1. The van der Waals surface area contributed by atoms with Gasteiger partial charge in [-0.2, -0.15) is 10.5 Å². The van der Waals surface area contributed by atoms with Gasteiger partial charge >= 0.3 is 10.2 Å². The Morgan fingerprint density at radius 2 is 1.61 bits per heavy atom. The van der Waals surface area contributed by atoms with Crippen LogP contribution in [0.3, 0.4) is 0 Å². The molecule has 0 unspecified atom stereocenters. The third-order valence-electron chi connectivity index (χ3n) is 4.90. The average Bonchev–Trinajstić information content (AvgIpc) is 2.83. The topological polar surface area (TPSA) is 95.1 Å². The van der Waals surface area contributed by atoms with E-state index in [1.807, 2.05) is 6.07 Å². The Balaban J connectivity index is 1.80. The van der Waals surface area contributed by atoms with Gasteiger partial charge in [0, 0.05) is 11.6 Å². The van der Waals surface area contributed by atoms with Crippen LogP contribution >= 0.6 is 26.2 Å². The molecule has 0 saturated heterocycles. The molecule has 3 aromatic carbocycles. The van der Waals surface area contributed by atoms with Crippen LogP contribution in [0.2, 0.25) is 0 Å². The van der Waals surface area contributed by atoms with E-state index in [2.05, 4.69) is 21.2 Å². The Kier molecular flexibility index (Phi) is 7.14. The Morgan fingerprint density at radius 3 is 2.16 bits per heavy atom. The quantitative estimate of drug-likeness (QED) is 0.258. The fraction of sp³-hybridized carbons (Fsp3) is 0.125. The van der Waals surface area contributed by atoms with Gasteiger partial charge in [0.25, 0.3) is 5.91 Å². The normalized spacial score (nSPS) is 14.6. The lowest BCUT2D eigenvalue weighted by atomic mass is 10.0. The van der Waals surface area contributed by atoms with Crippen LogP contribution in [0.1, 0.15) is 22.8 Å². The van der Waals surface area contributed by atoms with E-state index in [0.717, 1.165) is 12.1 Å². The van der Waals surface area contributed by atoms with Crippen molar-refractivity contribution in [3.8, 4) is 29.4 Å². The maximum absolute atomic E-state index is 13.4. The van der Waals surface area contributed by atoms with Crippen molar-refractivity contribution in [3.63, 3.8) is 0 Å². The molecular weight excluding hydrogens is 604 g/mol. The zero-order valence-electron chi connectivity index (χ0n) is 19.2. The first-order valence-corrected chi connectivity index (χ1v) is 13.1. The molecule has 1 N–H and O–H groups in total. The summed E-state index contributed by atoms with van der Waals surface area (Å²) in [4.78, 5) is 10.4. The third-order valence-corrected chi connectivity index (χ3v) is 6.68. The van der Waals surface area contributed by atoms with Gasteiger partial charge in [-0.15, -0.1) is 0 Å². The first-order valence-electron chi connectivity index (χ1n) is 10.3. The van der Waals surface area contributed by atoms with Crippen LogP contribution in [0.4, 0.5) is 23.8 Å². The van der Waals surface area contributed by atoms with Crippen molar-refractivity contribution in [1.82, 2.24) is 5.32 Å². The molecule has 0 aromatic heterocycles. The van der Waals surface area contributed by atoms with Gasteiger partial charge in [0.15, 0.2) is 17.0 Å². The van der Waals surface area contributed by atoms with Gasteiger partial charge in [-0.3, -0.25) is 4.79 Å². The van der Waals surface area contributed by atoms with Crippen LogP contribution in [0.15, 0.2) is 70.0 Å². The van der Waals surface area contributed by atoms with Crippen molar-refractivity contribution in [2.75, 3.05) is 6.61 Å². The molecule has 14 heteroatoms. The molecule has 6 nitrogen and oxygen atoms in total. The Morgan fingerprint density at radius 1 is 0.974 bits per heavy atom. The fourth-order valence-electron chi connectivity index (χ4n) is 2.96. The molecule has 0 spiro atoms. The minimum Gasteiger partial charge on any atom is -0.486 e. The van der Waals surface area contributed by atoms with E-state index in [1.165, 1.54) is 31.2 Å². The minimum absolute atomic E-state index is 0.0174. The Hall–Kier alpha value is -3.88. The predicted molar refractivity (Wildman–Crippen MR) is 130 cm³/mol. The minimum atomic E-state index is -9.92. The van der Waals surface area contributed by atoms with E-state index in [-0.39, 0.29) is 39.4 Å². The van der Waals surface area contributed by atoms with Crippen molar-refractivity contribution < 1.29 is 38.1 Å². The molecular formula is C24H16BrF6N3O3S. The molecule has 3 rings (SSSR count). The molecule has 0 saturated carbocycles. The van der Waals surface area contributed by atoms with Crippen LogP contribution in [0.5, 0.6) is 17.2 Å². The lowest BCUT2D eigenvalue weighted by Crippen LogP contribution is -2.49. The highest BCUT2D eigenvalue weighted by atomic mass is 79.9. The summed E-state index contributed by atoms with van der Waals surface area (Å²) in [6.45, 7) is 0.730. The van der Waals surface area contributed by atoms with Gasteiger partial charge in [0.05, 0.1) is 22.2 Å². The Labute approximate surface area is 221 Å². The lowest BCUT2D eigenvalue weighted by Gasteiger charge is -2.40. The maximum Gasteiger partial charge on any atom is 0.310 e. The molecule has 200 valence electrons. The molecule has 0 bridgehead atoms. The zero-order chi connectivity index (χ0) is 28.4. The number of nitrogens with one attached hydrogen (secondary N) is 1. The number of benzene rings is 3. The third kappa shape index (κ3) is 7.12. The van der Waals surface area contributed by atoms with Gasteiger partial charge in [0.1, 0.15) is 23.1 Å². The Bertz CT molecular complexity index is 1490. The highest BCUT2D eigenvalue weighted by molar-refractivity contribution is 9.10. The predicted octanol–water partition coefficient (Wildman–Crippen LogP) is 8.00. The van der Waals surface area contributed by atoms with Crippen LogP contribution in [0.25, 0.3) is 0 Å². The summed E-state index contributed by atoms with van der Waals surface area (Å²) in [5.41, 5.74) is -2.00. The largest absolute Gasteiger partial charge is 0.486 e. The number of hydrogen-bond acceptors (Lipinski definition) is 5. The second kappa shape index (κ2) is 9.45. The number of hydrogen-bond donors (Lipinski definition) is 1. The van der Waals surface area contributed by atoms with Crippen LogP contribution in [-0.4, -0.2) is 18.1 Å². The molecule has 0 fully saturated rings. The van der Waals surface area contributed by atoms with E-state index in [4.69, 9.17) is 9.47 Å². The second-order valence-electron chi connectivity index (χ2n) is 8.13. The highest BCUT2D eigenvalue weighted by Crippen LogP contribution is 3.02. The fourth-order valence-corrected chi connectivity index (χ4v) is 4.04. The maximum atomic E-state index is 13.4. The molecule has 0 heterocycles. The standard InChI is InChI=1S/C24H16BrF6N3O3S/c1-24(13-33,34-23(35)16-3-6-18(7-4-16)38(27,28,29,30)31)14-36-22-10-15(12-32)2-8-21(22)37-20-9-5-17(26)11-19(20)25/h2-11H,14H2,1H3,(H,34,35)/t24-/m0/s1. The first kappa shape index (κ1) is 28.7. The van der Waals surface area contributed by atoms with E-state index in [1.54, 1.807) is 6.07 Å². The number of carbonyl (C=O) groups excluding carboxylic acids is 1. The number of nitriles is 2. The smallest absolute Gasteiger partial charge is 0.310 e. The van der Waals surface area contributed by atoms with Crippen molar-refractivity contribution in [2.24, 2.45) is 0 Å². The molecule has 0 radical (unpaired) electrons. The first-order chi connectivity index (χ1) is 17.4. The van der Waals surface area contributed by atoms with E-state index in [9.17, 15) is 39.1 Å². The van der Waals surface area contributed by atoms with Gasteiger partial charge in [-0.05, 0) is 77.5 Å². The summed E-state index contributed by atoms with van der Waals surface area (Å²) in [7, 11) is -9.92. The average molecular weight is 620 g/mol. The summed E-state index contributed by atoms with van der Waals surface area (Å²) < 4.78 is 89.7. The van der Waals surface area contributed by atoms with Crippen LogP contribution in [-0.2, 0) is 0 Å². The van der Waals surface area contributed by atoms with Crippen LogP contribution in [0, 0.1) is 28.5 Å². The monoisotopic (exact) mass is 619 g/mol. The highest BCUT2D eigenvalue weighted by Gasteiger charge is 2.65. The van der Waals surface area contributed by atoms with Gasteiger partial charge in [0.2, 0.25) is 0 Å². The van der Waals surface area contributed by atoms with Crippen LogP contribution < -0.4 is 14.8 Å². The SMILES string of the molecule is C[C@](C#N)(COc1cc(C#N)ccc1Oc1ccc(F)cc1Br)NC(=O)c1ccc(S(F)(F)(F)(F)F)cc1. The summed E-state index contributed by atoms with van der Waals surface area (Å²) in [6.07, 6.45) is 0. The number of ether oxygens (including phenoxy) is 2. The van der Waals surface area contributed by atoms with E-state index >= 15 is 0 Å². The van der Waals surface area contributed by atoms with E-state index < -0.39 is 44.6 Å². The van der Waals surface area contributed by atoms with Gasteiger partial charge < -0.3 is 14.8 Å². The molecule has 1 amide bonds. The van der Waals surface area contributed by atoms with E-state index in [0.29, 0.717) is 12.1 Å². The zero-order valence-corrected chi connectivity index (χ0v) is 21.6. The summed E-state index contributed by atoms with van der Waals surface area (Å²) in [5, 5.41) is 21.1. The lowest BCUT2D eigenvalue weighted by molar-refractivity contribution is 0.0900.